The smallest absolute Gasteiger partial charge is 0.125 e. The van der Waals surface area contributed by atoms with Crippen LogP contribution in [0, 0.1) is 19.8 Å². The predicted octanol–water partition coefficient (Wildman–Crippen LogP) is 6.21. The molecule has 0 fully saturated rings. The molecule has 6 heteroatoms. The Balaban J connectivity index is 1.94. The van der Waals surface area contributed by atoms with E-state index in [9.17, 15) is 8.42 Å². The molecule has 0 heterocycles. The van der Waals surface area contributed by atoms with Gasteiger partial charge < -0.3 is 0 Å². The van der Waals surface area contributed by atoms with Crippen LogP contribution in [-0.4, -0.2) is 20.7 Å². The van der Waals surface area contributed by atoms with Crippen LogP contribution >= 0.6 is 11.8 Å². The summed E-state index contributed by atoms with van der Waals surface area (Å²) in [6.45, 7) is 8.31. The minimum absolute atomic E-state index is 0.00463. The third-order valence-corrected chi connectivity index (χ3v) is 9.15. The summed E-state index contributed by atoms with van der Waals surface area (Å²) in [7, 11) is -2.62. The highest BCUT2D eigenvalue weighted by Gasteiger charge is 2.30. The van der Waals surface area contributed by atoms with Crippen molar-refractivity contribution in [1.29, 1.82) is 0 Å². The number of hydrogen-bond donors (Lipinski definition) is 1. The lowest BCUT2D eigenvalue weighted by molar-refractivity contribution is 0.449. The number of nitrogens with one attached hydrogen (secondary N) is 1. The summed E-state index contributed by atoms with van der Waals surface area (Å²) in [5.41, 5.74) is 3.30. The average molecular weight is 486 g/mol. The molecular weight excluding hydrogens is 454 g/mol. The van der Waals surface area contributed by atoms with E-state index in [2.05, 4.69) is 30.9 Å². The molecule has 0 unspecified atom stereocenters. The quantitative estimate of drug-likeness (QED) is 0.392. The number of rotatable bonds is 9. The van der Waals surface area contributed by atoms with Crippen molar-refractivity contribution < 1.29 is 8.42 Å². The SMILES string of the molecule is CS[C@@H](c1ccccc1[S@@](=O)c1ccc(C)cc1)[C@H](N[S@@](=O)c1ccc(C)cc1)C(C)C. The van der Waals surface area contributed by atoms with E-state index in [0.29, 0.717) is 0 Å². The number of aryl methyl sites for hydroxylation is 2. The molecule has 0 saturated carbocycles. The first-order valence-corrected chi connectivity index (χ1v) is 14.3. The van der Waals surface area contributed by atoms with Gasteiger partial charge in [0.25, 0.3) is 0 Å². The highest BCUT2D eigenvalue weighted by Crippen LogP contribution is 2.38. The predicted molar refractivity (Wildman–Crippen MR) is 138 cm³/mol. The van der Waals surface area contributed by atoms with E-state index in [4.69, 9.17) is 0 Å². The number of hydrogen-bond acceptors (Lipinski definition) is 3. The Morgan fingerprint density at radius 3 is 1.84 bits per heavy atom. The average Bonchev–Trinajstić information content (AvgIpc) is 2.79. The fourth-order valence-electron chi connectivity index (χ4n) is 3.54. The van der Waals surface area contributed by atoms with Crippen LogP contribution in [0.5, 0.6) is 0 Å². The second-order valence-corrected chi connectivity index (χ2v) is 11.9. The van der Waals surface area contributed by atoms with Crippen LogP contribution < -0.4 is 4.72 Å². The Morgan fingerprint density at radius 1 is 0.781 bits per heavy atom. The van der Waals surface area contributed by atoms with Crippen molar-refractivity contribution in [2.75, 3.05) is 6.26 Å². The molecule has 0 radical (unpaired) electrons. The first-order chi connectivity index (χ1) is 15.3. The van der Waals surface area contributed by atoms with E-state index in [1.807, 2.05) is 80.6 Å². The second-order valence-electron chi connectivity index (χ2n) is 8.25. The first kappa shape index (κ1) is 24.9. The minimum atomic E-state index is -1.33. The van der Waals surface area contributed by atoms with Gasteiger partial charge in [-0.05, 0) is 61.9 Å². The molecule has 3 nitrogen and oxygen atoms in total. The molecule has 32 heavy (non-hydrogen) atoms. The molecule has 1 N–H and O–H groups in total. The summed E-state index contributed by atoms with van der Waals surface area (Å²) in [5.74, 6) is 0.225. The summed E-state index contributed by atoms with van der Waals surface area (Å²) in [6, 6.07) is 23.5. The zero-order chi connectivity index (χ0) is 23.3. The highest BCUT2D eigenvalue weighted by atomic mass is 32.2. The van der Waals surface area contributed by atoms with Crippen LogP contribution in [0.2, 0.25) is 0 Å². The van der Waals surface area contributed by atoms with Crippen molar-refractivity contribution in [3.8, 4) is 0 Å². The first-order valence-electron chi connectivity index (χ1n) is 10.7. The lowest BCUT2D eigenvalue weighted by Gasteiger charge is -2.31. The van der Waals surface area contributed by atoms with E-state index in [0.717, 1.165) is 31.4 Å². The lowest BCUT2D eigenvalue weighted by Crippen LogP contribution is -2.39. The summed E-state index contributed by atoms with van der Waals surface area (Å²) in [5, 5.41) is -0.00463. The van der Waals surface area contributed by atoms with Gasteiger partial charge in [-0.2, -0.15) is 11.8 Å². The van der Waals surface area contributed by atoms with Gasteiger partial charge in [-0.15, -0.1) is 0 Å². The highest BCUT2D eigenvalue weighted by molar-refractivity contribution is 7.99. The fraction of sp³-hybridized carbons (Fsp3) is 0.308. The number of thioether (sulfide) groups is 1. The van der Waals surface area contributed by atoms with Gasteiger partial charge in [0.05, 0.1) is 15.7 Å². The van der Waals surface area contributed by atoms with Gasteiger partial charge in [0, 0.05) is 21.1 Å². The standard InChI is InChI=1S/C26H31NO2S3/c1-18(2)25(27-32(29)22-16-12-20(4)13-17-22)26(30-5)23-8-6-7-9-24(23)31(28)21-14-10-19(3)11-15-21/h6-18,25-27H,1-5H3/t25-,26+,31+,32+/m1/s1. The van der Waals surface area contributed by atoms with Gasteiger partial charge in [0.15, 0.2) is 0 Å². The van der Waals surface area contributed by atoms with E-state index in [1.54, 1.807) is 11.8 Å². The molecule has 170 valence electrons. The van der Waals surface area contributed by atoms with E-state index < -0.39 is 21.8 Å². The lowest BCUT2D eigenvalue weighted by atomic mass is 9.96. The maximum atomic E-state index is 13.5. The Bertz CT molecular complexity index is 1080. The van der Waals surface area contributed by atoms with Crippen molar-refractivity contribution in [3.05, 3.63) is 89.5 Å². The van der Waals surface area contributed by atoms with Crippen molar-refractivity contribution in [2.45, 2.75) is 53.7 Å². The van der Waals surface area contributed by atoms with Crippen molar-refractivity contribution in [2.24, 2.45) is 5.92 Å². The fourth-order valence-corrected chi connectivity index (χ4v) is 7.26. The van der Waals surface area contributed by atoms with Crippen molar-refractivity contribution >= 4 is 33.5 Å². The molecule has 0 aliphatic heterocycles. The van der Waals surface area contributed by atoms with Gasteiger partial charge in [-0.25, -0.2) is 13.1 Å². The molecule has 0 spiro atoms. The van der Waals surface area contributed by atoms with Crippen LogP contribution in [0.15, 0.2) is 87.5 Å². The zero-order valence-corrected chi connectivity index (χ0v) is 21.7. The molecule has 0 aliphatic rings. The third-order valence-electron chi connectivity index (χ3n) is 5.44. The summed E-state index contributed by atoms with van der Waals surface area (Å²) >= 11 is 1.70. The molecule has 3 aromatic rings. The van der Waals surface area contributed by atoms with Crippen LogP contribution in [-0.2, 0) is 21.8 Å². The maximum absolute atomic E-state index is 13.5. The number of benzene rings is 3. The molecule has 3 aromatic carbocycles. The van der Waals surface area contributed by atoms with E-state index in [1.165, 1.54) is 0 Å². The summed E-state index contributed by atoms with van der Waals surface area (Å²) in [6.07, 6.45) is 2.06. The van der Waals surface area contributed by atoms with Gasteiger partial charge in [0.1, 0.15) is 11.0 Å². The van der Waals surface area contributed by atoms with Crippen LogP contribution in [0.3, 0.4) is 0 Å². The largest absolute Gasteiger partial charge is 0.249 e. The Labute approximate surface area is 201 Å². The normalized spacial score (nSPS) is 15.3. The monoisotopic (exact) mass is 485 g/mol. The Hall–Kier alpha value is -1.73. The molecular formula is C26H31NO2S3. The van der Waals surface area contributed by atoms with Crippen LogP contribution in [0.1, 0.15) is 35.8 Å². The van der Waals surface area contributed by atoms with E-state index >= 15 is 0 Å². The summed E-state index contributed by atoms with van der Waals surface area (Å²) < 4.78 is 30.0. The Kier molecular flexibility index (Phi) is 8.88. The molecule has 3 rings (SSSR count). The topological polar surface area (TPSA) is 46.2 Å². The molecule has 0 amide bonds. The molecule has 4 atom stereocenters. The molecule has 0 aliphatic carbocycles. The molecule has 0 aromatic heterocycles. The van der Waals surface area contributed by atoms with E-state index in [-0.39, 0.29) is 17.2 Å². The van der Waals surface area contributed by atoms with Gasteiger partial charge in [-0.3, -0.25) is 0 Å². The van der Waals surface area contributed by atoms with Crippen molar-refractivity contribution in [1.82, 2.24) is 4.72 Å². The van der Waals surface area contributed by atoms with Gasteiger partial charge in [0.2, 0.25) is 0 Å². The molecule has 0 saturated heterocycles. The van der Waals surface area contributed by atoms with Crippen LogP contribution in [0.25, 0.3) is 0 Å². The molecule has 0 bridgehead atoms. The maximum Gasteiger partial charge on any atom is 0.125 e. The minimum Gasteiger partial charge on any atom is -0.249 e. The van der Waals surface area contributed by atoms with Gasteiger partial charge >= 0.3 is 0 Å². The Morgan fingerprint density at radius 2 is 1.31 bits per heavy atom. The zero-order valence-electron chi connectivity index (χ0n) is 19.2. The van der Waals surface area contributed by atoms with Crippen molar-refractivity contribution in [3.63, 3.8) is 0 Å². The second kappa shape index (κ2) is 11.4. The summed E-state index contributed by atoms with van der Waals surface area (Å²) in [4.78, 5) is 2.36. The third kappa shape index (κ3) is 5.98. The van der Waals surface area contributed by atoms with Crippen LogP contribution in [0.4, 0.5) is 0 Å². The van der Waals surface area contributed by atoms with Gasteiger partial charge in [-0.1, -0.05) is 67.4 Å².